The number of aromatic nitrogens is 2. The van der Waals surface area contributed by atoms with Gasteiger partial charge in [0.25, 0.3) is 0 Å². The third-order valence-electron chi connectivity index (χ3n) is 2.86. The lowest BCUT2D eigenvalue weighted by molar-refractivity contribution is 0.246. The van der Waals surface area contributed by atoms with Gasteiger partial charge in [-0.2, -0.15) is 5.10 Å². The van der Waals surface area contributed by atoms with Gasteiger partial charge in [0.05, 0.1) is 6.61 Å². The van der Waals surface area contributed by atoms with Gasteiger partial charge in [0, 0.05) is 23.3 Å². The Morgan fingerprint density at radius 2 is 2.31 bits per heavy atom. The van der Waals surface area contributed by atoms with E-state index in [0.717, 1.165) is 12.8 Å². The molecule has 1 aliphatic rings. The standard InChI is InChI=1S/C10H16N2O/c1-8(2)12-9(3-6-11-12)10(7-13)4-5-10/h3,6,8,13H,4-5,7H2,1-2H3. The molecule has 0 aromatic carbocycles. The van der Waals surface area contributed by atoms with Crippen molar-refractivity contribution < 1.29 is 5.11 Å². The first-order valence-electron chi connectivity index (χ1n) is 4.84. The molecule has 1 aliphatic carbocycles. The van der Waals surface area contributed by atoms with E-state index in [4.69, 9.17) is 0 Å². The van der Waals surface area contributed by atoms with E-state index in [1.54, 1.807) is 0 Å². The molecule has 1 saturated carbocycles. The largest absolute Gasteiger partial charge is 0.395 e. The van der Waals surface area contributed by atoms with E-state index < -0.39 is 0 Å². The van der Waals surface area contributed by atoms with E-state index in [-0.39, 0.29) is 12.0 Å². The summed E-state index contributed by atoms with van der Waals surface area (Å²) in [4.78, 5) is 0. The second kappa shape index (κ2) is 2.84. The fourth-order valence-corrected chi connectivity index (χ4v) is 1.79. The minimum atomic E-state index is 0.0424. The van der Waals surface area contributed by atoms with Crippen molar-refractivity contribution in [3.05, 3.63) is 18.0 Å². The van der Waals surface area contributed by atoms with Crippen LogP contribution >= 0.6 is 0 Å². The molecule has 0 spiro atoms. The SMILES string of the molecule is CC(C)n1nccc1C1(CO)CC1. The van der Waals surface area contributed by atoms with Crippen LogP contribution in [0, 0.1) is 0 Å². The first kappa shape index (κ1) is 8.75. The summed E-state index contributed by atoms with van der Waals surface area (Å²) >= 11 is 0. The van der Waals surface area contributed by atoms with Crippen LogP contribution in [-0.2, 0) is 5.41 Å². The van der Waals surface area contributed by atoms with Crippen molar-refractivity contribution in [3.63, 3.8) is 0 Å². The first-order chi connectivity index (χ1) is 6.19. The number of aliphatic hydroxyl groups excluding tert-OH is 1. The van der Waals surface area contributed by atoms with Crippen molar-refractivity contribution in [2.24, 2.45) is 0 Å². The predicted molar refractivity (Wildman–Crippen MR) is 50.6 cm³/mol. The number of nitrogens with zero attached hydrogens (tertiary/aromatic N) is 2. The van der Waals surface area contributed by atoms with Gasteiger partial charge in [0.15, 0.2) is 0 Å². The molecule has 0 saturated heterocycles. The number of aliphatic hydroxyl groups is 1. The van der Waals surface area contributed by atoms with Gasteiger partial charge in [0.1, 0.15) is 0 Å². The summed E-state index contributed by atoms with van der Waals surface area (Å²) in [6.45, 7) is 4.49. The highest BCUT2D eigenvalue weighted by Crippen LogP contribution is 2.47. The van der Waals surface area contributed by atoms with Gasteiger partial charge in [-0.15, -0.1) is 0 Å². The van der Waals surface area contributed by atoms with Crippen molar-refractivity contribution >= 4 is 0 Å². The van der Waals surface area contributed by atoms with Crippen molar-refractivity contribution in [3.8, 4) is 0 Å². The van der Waals surface area contributed by atoms with Gasteiger partial charge in [0.2, 0.25) is 0 Å². The lowest BCUT2D eigenvalue weighted by Gasteiger charge is -2.16. The van der Waals surface area contributed by atoms with E-state index in [0.29, 0.717) is 6.04 Å². The van der Waals surface area contributed by atoms with E-state index in [2.05, 4.69) is 18.9 Å². The van der Waals surface area contributed by atoms with Gasteiger partial charge < -0.3 is 5.11 Å². The normalized spacial score (nSPS) is 19.4. The van der Waals surface area contributed by atoms with E-state index in [1.165, 1.54) is 5.69 Å². The molecule has 0 radical (unpaired) electrons. The van der Waals surface area contributed by atoms with Crippen LogP contribution in [0.25, 0.3) is 0 Å². The molecular weight excluding hydrogens is 164 g/mol. The lowest BCUT2D eigenvalue weighted by Crippen LogP contribution is -2.19. The molecule has 0 atom stereocenters. The molecule has 1 aromatic heterocycles. The Balaban J connectivity index is 2.35. The summed E-state index contributed by atoms with van der Waals surface area (Å²) in [7, 11) is 0. The average Bonchev–Trinajstić information content (AvgIpc) is 2.74. The maximum Gasteiger partial charge on any atom is 0.0542 e. The highest BCUT2D eigenvalue weighted by Gasteiger charge is 2.46. The highest BCUT2D eigenvalue weighted by molar-refractivity contribution is 5.24. The Kier molecular flexibility index (Phi) is 1.91. The lowest BCUT2D eigenvalue weighted by atomic mass is 10.0. The van der Waals surface area contributed by atoms with Gasteiger partial charge in [-0.1, -0.05) is 0 Å². The molecule has 72 valence electrons. The van der Waals surface area contributed by atoms with Crippen molar-refractivity contribution in [2.75, 3.05) is 6.61 Å². The van der Waals surface area contributed by atoms with Gasteiger partial charge in [-0.05, 0) is 32.8 Å². The highest BCUT2D eigenvalue weighted by atomic mass is 16.3. The van der Waals surface area contributed by atoms with E-state index >= 15 is 0 Å². The van der Waals surface area contributed by atoms with E-state index in [1.807, 2.05) is 16.9 Å². The zero-order valence-corrected chi connectivity index (χ0v) is 8.20. The van der Waals surface area contributed by atoms with Gasteiger partial charge >= 0.3 is 0 Å². The molecule has 1 fully saturated rings. The summed E-state index contributed by atoms with van der Waals surface area (Å²) in [5.41, 5.74) is 1.24. The minimum absolute atomic E-state index is 0.0424. The fraction of sp³-hybridized carbons (Fsp3) is 0.700. The van der Waals surface area contributed by atoms with Crippen LogP contribution in [0.5, 0.6) is 0 Å². The van der Waals surface area contributed by atoms with Crippen LogP contribution in [0.4, 0.5) is 0 Å². The topological polar surface area (TPSA) is 38.0 Å². The number of hydrogen-bond acceptors (Lipinski definition) is 2. The monoisotopic (exact) mass is 180 g/mol. The minimum Gasteiger partial charge on any atom is -0.395 e. The summed E-state index contributed by atoms with van der Waals surface area (Å²) in [6.07, 6.45) is 4.02. The van der Waals surface area contributed by atoms with Crippen LogP contribution in [0.2, 0.25) is 0 Å². The molecule has 0 unspecified atom stereocenters. The maximum atomic E-state index is 9.29. The molecular formula is C10H16N2O. The second-order valence-electron chi connectivity index (χ2n) is 4.19. The number of rotatable bonds is 3. The third kappa shape index (κ3) is 1.27. The first-order valence-corrected chi connectivity index (χ1v) is 4.84. The smallest absolute Gasteiger partial charge is 0.0542 e. The maximum absolute atomic E-state index is 9.29. The zero-order valence-electron chi connectivity index (χ0n) is 8.20. The second-order valence-corrected chi connectivity index (χ2v) is 4.19. The summed E-state index contributed by atoms with van der Waals surface area (Å²) < 4.78 is 2.02. The molecule has 0 aliphatic heterocycles. The third-order valence-corrected chi connectivity index (χ3v) is 2.86. The Labute approximate surface area is 78.4 Å². The van der Waals surface area contributed by atoms with Crippen LogP contribution in [0.1, 0.15) is 38.4 Å². The quantitative estimate of drug-likeness (QED) is 0.765. The molecule has 1 heterocycles. The van der Waals surface area contributed by atoms with Crippen molar-refractivity contribution in [2.45, 2.75) is 38.1 Å². The Morgan fingerprint density at radius 1 is 1.62 bits per heavy atom. The Hall–Kier alpha value is -0.830. The summed E-state index contributed by atoms with van der Waals surface area (Å²) in [6, 6.07) is 2.41. The molecule has 1 N–H and O–H groups in total. The molecule has 0 bridgehead atoms. The van der Waals surface area contributed by atoms with Gasteiger partial charge in [-0.3, -0.25) is 4.68 Å². The van der Waals surface area contributed by atoms with Crippen LogP contribution in [0.3, 0.4) is 0 Å². The molecule has 0 amide bonds. The molecule has 2 rings (SSSR count). The van der Waals surface area contributed by atoms with Crippen molar-refractivity contribution in [1.29, 1.82) is 0 Å². The fourth-order valence-electron chi connectivity index (χ4n) is 1.79. The predicted octanol–water partition coefficient (Wildman–Crippen LogP) is 1.49. The van der Waals surface area contributed by atoms with E-state index in [9.17, 15) is 5.11 Å². The average molecular weight is 180 g/mol. The van der Waals surface area contributed by atoms with Gasteiger partial charge in [-0.25, -0.2) is 0 Å². The molecule has 1 aromatic rings. The number of hydrogen-bond donors (Lipinski definition) is 1. The Bertz CT molecular complexity index is 300. The summed E-state index contributed by atoms with van der Waals surface area (Å²) in [5.74, 6) is 0. The molecule has 3 heteroatoms. The molecule has 3 nitrogen and oxygen atoms in total. The van der Waals surface area contributed by atoms with Crippen LogP contribution in [0.15, 0.2) is 12.3 Å². The Morgan fingerprint density at radius 3 is 2.77 bits per heavy atom. The van der Waals surface area contributed by atoms with Crippen LogP contribution in [-0.4, -0.2) is 21.5 Å². The van der Waals surface area contributed by atoms with Crippen LogP contribution < -0.4 is 0 Å². The molecule has 13 heavy (non-hydrogen) atoms. The zero-order chi connectivity index (χ0) is 9.47. The summed E-state index contributed by atoms with van der Waals surface area (Å²) in [5, 5.41) is 13.6. The van der Waals surface area contributed by atoms with Crippen molar-refractivity contribution in [1.82, 2.24) is 9.78 Å².